The van der Waals surface area contributed by atoms with Gasteiger partial charge >= 0.3 is 0 Å². The van der Waals surface area contributed by atoms with E-state index in [1.54, 1.807) is 32.3 Å². The molecule has 10 nitrogen and oxygen atoms in total. The number of amides is 1. The number of phenolic OH excluding ortho intramolecular Hbond substituents is 1. The smallest absolute Gasteiger partial charge is 0.255 e. The maximum Gasteiger partial charge on any atom is 0.255 e. The summed E-state index contributed by atoms with van der Waals surface area (Å²) in [4.78, 5) is 52.7. The second-order valence-electron chi connectivity index (χ2n) is 11.3. The molecule has 0 aliphatic heterocycles. The fourth-order valence-corrected chi connectivity index (χ4v) is 7.16. The maximum atomic E-state index is 14.0. The topological polar surface area (TPSA) is 178 Å². The van der Waals surface area contributed by atoms with Gasteiger partial charge in [0.05, 0.1) is 11.6 Å². The van der Waals surface area contributed by atoms with Crippen LogP contribution in [-0.4, -0.2) is 74.8 Å². The Kier molecular flexibility index (Phi) is 6.10. The number of likely N-dealkylation sites (N-methyl/N-ethyl adjacent to an activating group) is 1. The van der Waals surface area contributed by atoms with E-state index in [0.29, 0.717) is 16.7 Å². The molecule has 0 saturated heterocycles. The molecule has 0 radical (unpaired) electrons. The van der Waals surface area contributed by atoms with Crippen molar-refractivity contribution in [2.24, 2.45) is 17.6 Å². The standard InChI is InChI=1S/C32H28N2O8/c1-34(2)26-21-12-15-11-20-19(18-8-7-14(13-35)16-5-3-4-6-17(16)18)9-10-22(36)24(20)27(37)23(15)29(39)32(21,42)30(40)25(28(26)38)31(33)41/h3-10,13,15,21,26,36-37,40,42H,11-12H2,1-2H3,(H2,33,41)/t15-,21+,26+,32-/m1/s1. The molecule has 0 unspecified atom stereocenters. The van der Waals surface area contributed by atoms with Gasteiger partial charge in [-0.15, -0.1) is 0 Å². The zero-order valence-corrected chi connectivity index (χ0v) is 22.8. The lowest BCUT2D eigenvalue weighted by molar-refractivity contribution is -0.153. The lowest BCUT2D eigenvalue weighted by Gasteiger charge is -2.50. The summed E-state index contributed by atoms with van der Waals surface area (Å²) in [7, 11) is 3.11. The number of aldehydes is 1. The molecule has 10 heteroatoms. The summed E-state index contributed by atoms with van der Waals surface area (Å²) in [5, 5.41) is 46.7. The minimum atomic E-state index is -2.70. The van der Waals surface area contributed by atoms with Crippen LogP contribution in [0.1, 0.15) is 27.9 Å². The molecular formula is C32H28N2O8. The van der Waals surface area contributed by atoms with Gasteiger partial charge in [0.1, 0.15) is 22.8 Å². The van der Waals surface area contributed by atoms with Crippen LogP contribution in [0.25, 0.3) is 27.7 Å². The Labute approximate surface area is 240 Å². The molecule has 6 rings (SSSR count). The highest BCUT2D eigenvalue weighted by atomic mass is 16.3. The number of ketones is 2. The number of benzene rings is 3. The molecule has 0 aromatic heterocycles. The molecule has 3 aliphatic carbocycles. The van der Waals surface area contributed by atoms with Gasteiger partial charge < -0.3 is 26.2 Å². The third-order valence-corrected chi connectivity index (χ3v) is 8.98. The molecule has 1 amide bonds. The Morgan fingerprint density at radius 2 is 1.67 bits per heavy atom. The Morgan fingerprint density at radius 3 is 2.31 bits per heavy atom. The van der Waals surface area contributed by atoms with Gasteiger partial charge in [0.2, 0.25) is 5.78 Å². The van der Waals surface area contributed by atoms with E-state index in [0.717, 1.165) is 22.6 Å². The Bertz CT molecular complexity index is 1820. The van der Waals surface area contributed by atoms with Crippen molar-refractivity contribution in [3.63, 3.8) is 0 Å². The van der Waals surface area contributed by atoms with Crippen molar-refractivity contribution in [1.82, 2.24) is 4.90 Å². The number of hydrogen-bond acceptors (Lipinski definition) is 9. The molecule has 42 heavy (non-hydrogen) atoms. The van der Waals surface area contributed by atoms with E-state index in [2.05, 4.69) is 0 Å². The van der Waals surface area contributed by atoms with Crippen LogP contribution in [0.2, 0.25) is 0 Å². The Balaban J connectivity index is 1.59. The minimum Gasteiger partial charge on any atom is -0.508 e. The van der Waals surface area contributed by atoms with Crippen molar-refractivity contribution in [2.45, 2.75) is 24.5 Å². The Morgan fingerprint density at radius 1 is 1.00 bits per heavy atom. The molecule has 0 bridgehead atoms. The van der Waals surface area contributed by atoms with Gasteiger partial charge in [-0.05, 0) is 66.4 Å². The lowest BCUT2D eigenvalue weighted by Crippen LogP contribution is -2.65. The highest BCUT2D eigenvalue weighted by Gasteiger charge is 2.64. The first kappa shape index (κ1) is 27.4. The molecule has 4 atom stereocenters. The van der Waals surface area contributed by atoms with Crippen molar-refractivity contribution < 1.29 is 39.6 Å². The first-order chi connectivity index (χ1) is 19.9. The van der Waals surface area contributed by atoms with Crippen LogP contribution in [0.15, 0.2) is 65.4 Å². The summed E-state index contributed by atoms with van der Waals surface area (Å²) in [6.07, 6.45) is 0.919. The molecule has 214 valence electrons. The number of hydrogen-bond donors (Lipinski definition) is 5. The van der Waals surface area contributed by atoms with Crippen LogP contribution in [0.4, 0.5) is 0 Å². The van der Waals surface area contributed by atoms with E-state index in [4.69, 9.17) is 5.73 Å². The SMILES string of the molecule is CN(C)[C@@H]1C(=O)C(C(N)=O)=C(O)[C@]2(O)C(=O)C3=C(O)c4c(O)ccc(-c5ccc(C=O)c6ccccc56)c4C[C@@H]3C[C@@H]12. The monoisotopic (exact) mass is 568 g/mol. The predicted molar refractivity (Wildman–Crippen MR) is 153 cm³/mol. The number of rotatable bonds is 4. The van der Waals surface area contributed by atoms with Crippen molar-refractivity contribution in [3.8, 4) is 16.9 Å². The van der Waals surface area contributed by atoms with E-state index in [-0.39, 0.29) is 29.7 Å². The lowest BCUT2D eigenvalue weighted by atomic mass is 9.57. The van der Waals surface area contributed by atoms with Crippen LogP contribution >= 0.6 is 0 Å². The molecule has 1 fully saturated rings. The molecule has 1 saturated carbocycles. The predicted octanol–water partition coefficient (Wildman–Crippen LogP) is 2.60. The van der Waals surface area contributed by atoms with Gasteiger partial charge in [-0.3, -0.25) is 24.1 Å². The van der Waals surface area contributed by atoms with E-state index >= 15 is 0 Å². The normalized spacial score (nSPS) is 25.4. The van der Waals surface area contributed by atoms with E-state index in [1.807, 2.05) is 24.3 Å². The maximum absolute atomic E-state index is 14.0. The van der Waals surface area contributed by atoms with Crippen LogP contribution in [0.5, 0.6) is 5.75 Å². The third kappa shape index (κ3) is 3.52. The number of Topliss-reactive ketones (excluding diaryl/α,β-unsaturated/α-hetero) is 2. The fourth-order valence-electron chi connectivity index (χ4n) is 7.16. The summed E-state index contributed by atoms with van der Waals surface area (Å²) in [5.41, 5.74) is 4.08. The number of aliphatic hydroxyl groups excluding tert-OH is 2. The average Bonchev–Trinajstić information content (AvgIpc) is 2.94. The van der Waals surface area contributed by atoms with Crippen LogP contribution < -0.4 is 5.73 Å². The second-order valence-corrected chi connectivity index (χ2v) is 11.3. The van der Waals surface area contributed by atoms with Crippen molar-refractivity contribution in [3.05, 3.63) is 82.1 Å². The van der Waals surface area contributed by atoms with Crippen molar-refractivity contribution in [2.75, 3.05) is 14.1 Å². The molecule has 6 N–H and O–H groups in total. The molecule has 0 spiro atoms. The third-order valence-electron chi connectivity index (χ3n) is 8.98. The van der Waals surface area contributed by atoms with Gasteiger partial charge in [-0.1, -0.05) is 42.5 Å². The number of nitrogens with two attached hydrogens (primary N) is 1. The molecular weight excluding hydrogens is 540 g/mol. The van der Waals surface area contributed by atoms with Crippen molar-refractivity contribution >= 4 is 40.3 Å². The van der Waals surface area contributed by atoms with Gasteiger partial charge in [0.25, 0.3) is 5.91 Å². The first-order valence-electron chi connectivity index (χ1n) is 13.4. The zero-order valence-electron chi connectivity index (χ0n) is 22.8. The summed E-state index contributed by atoms with van der Waals surface area (Å²) in [6, 6.07) is 12.8. The summed E-state index contributed by atoms with van der Waals surface area (Å²) >= 11 is 0. The zero-order chi connectivity index (χ0) is 30.2. The van der Waals surface area contributed by atoms with Gasteiger partial charge in [0, 0.05) is 17.1 Å². The van der Waals surface area contributed by atoms with Gasteiger partial charge in [-0.25, -0.2) is 0 Å². The van der Waals surface area contributed by atoms with Crippen molar-refractivity contribution in [1.29, 1.82) is 0 Å². The number of carbonyl (C=O) groups excluding carboxylic acids is 4. The summed E-state index contributed by atoms with van der Waals surface area (Å²) in [5.74, 6) is -6.99. The van der Waals surface area contributed by atoms with Gasteiger partial charge in [0.15, 0.2) is 17.7 Å². The van der Waals surface area contributed by atoms with Crippen LogP contribution in [-0.2, 0) is 20.8 Å². The summed E-state index contributed by atoms with van der Waals surface area (Å²) < 4.78 is 0. The highest BCUT2D eigenvalue weighted by molar-refractivity contribution is 6.24. The number of primary amides is 1. The highest BCUT2D eigenvalue weighted by Crippen LogP contribution is 2.54. The molecule has 0 heterocycles. The largest absolute Gasteiger partial charge is 0.508 e. The molecule has 3 aromatic carbocycles. The first-order valence-corrected chi connectivity index (χ1v) is 13.4. The average molecular weight is 569 g/mol. The quantitative estimate of drug-likeness (QED) is 0.234. The number of phenols is 1. The minimum absolute atomic E-state index is 0.00679. The van der Waals surface area contributed by atoms with E-state index in [9.17, 15) is 39.6 Å². The number of fused-ring (bicyclic) bond motifs is 4. The van der Waals surface area contributed by atoms with E-state index < -0.39 is 58.0 Å². The Hall–Kier alpha value is -4.80. The molecule has 3 aromatic rings. The fraction of sp³-hybridized carbons (Fsp3) is 0.250. The second kappa shape index (κ2) is 9.37. The number of nitrogens with zero attached hydrogens (tertiary/aromatic N) is 1. The van der Waals surface area contributed by atoms with Crippen LogP contribution in [0, 0.1) is 11.8 Å². The summed E-state index contributed by atoms with van der Waals surface area (Å²) in [6.45, 7) is 0. The number of aliphatic hydroxyl groups is 3. The van der Waals surface area contributed by atoms with E-state index in [1.165, 1.54) is 11.0 Å². The number of carbonyl (C=O) groups is 4. The van der Waals surface area contributed by atoms with Crippen LogP contribution in [0.3, 0.4) is 0 Å². The number of aromatic hydroxyl groups is 1. The molecule has 3 aliphatic rings. The van der Waals surface area contributed by atoms with Gasteiger partial charge in [-0.2, -0.15) is 0 Å².